The van der Waals surface area contributed by atoms with Crippen LogP contribution in [0.15, 0.2) is 66.7 Å². The van der Waals surface area contributed by atoms with Crippen LogP contribution in [0.3, 0.4) is 0 Å². The topological polar surface area (TPSA) is 38.8 Å². The van der Waals surface area contributed by atoms with Gasteiger partial charge in [-0.1, -0.05) is 48.6 Å². The second-order valence-corrected chi connectivity index (χ2v) is 5.99. The Morgan fingerprint density at radius 1 is 1.29 bits per heavy atom. The van der Waals surface area contributed by atoms with E-state index in [2.05, 4.69) is 18.7 Å². The Morgan fingerprint density at radius 2 is 2.04 bits per heavy atom. The monoisotopic (exact) mass is 325 g/mol. The Balaban J connectivity index is 1.98. The van der Waals surface area contributed by atoms with E-state index in [1.54, 1.807) is 6.92 Å². The summed E-state index contributed by atoms with van der Waals surface area (Å²) in [7, 11) is 0. The van der Waals surface area contributed by atoms with Crippen molar-refractivity contribution in [3.63, 3.8) is 0 Å². The number of rotatable bonds is 4. The first-order valence-corrected chi connectivity index (χ1v) is 8.34. The van der Waals surface area contributed by atoms with E-state index in [1.807, 2.05) is 41.3 Å². The molecular weight excluding hydrogens is 302 g/mol. The van der Waals surface area contributed by atoms with E-state index in [9.17, 15) is 4.79 Å². The Morgan fingerprint density at radius 3 is 2.75 bits per heavy atom. The van der Waals surface area contributed by atoms with Gasteiger partial charge in [-0.15, -0.1) is 6.58 Å². The first-order chi connectivity index (χ1) is 11.7. The lowest BCUT2D eigenvalue weighted by atomic mass is 9.94. The zero-order valence-electron chi connectivity index (χ0n) is 14.0. The molecule has 1 aromatic carbocycles. The van der Waals surface area contributed by atoms with Crippen LogP contribution in [-0.4, -0.2) is 30.1 Å². The average Bonchev–Trinajstić information content (AvgIpc) is 2.62. The minimum atomic E-state index is -0.114. The number of carbonyl (C=O) groups is 1. The standard InChI is InChI=1S/C20H23NO3/c1-3-8-17-11-7-12-18(16-9-5-4-6-10-16)21(17)20(22)19-15(2)23-13-14-24-19/h3-7,9-10,12,17-18H,1,8,11,13-14H2,2H3/t17-,18+/m1/s1. The average molecular weight is 325 g/mol. The summed E-state index contributed by atoms with van der Waals surface area (Å²) in [6.07, 6.45) is 7.66. The highest BCUT2D eigenvalue weighted by Crippen LogP contribution is 2.33. The predicted molar refractivity (Wildman–Crippen MR) is 93.0 cm³/mol. The molecule has 2 aliphatic heterocycles. The predicted octanol–water partition coefficient (Wildman–Crippen LogP) is 3.74. The molecule has 0 aliphatic carbocycles. The van der Waals surface area contributed by atoms with Gasteiger partial charge in [-0.3, -0.25) is 4.79 Å². The maximum atomic E-state index is 13.2. The molecule has 0 aromatic heterocycles. The summed E-state index contributed by atoms with van der Waals surface area (Å²) in [5.74, 6) is 0.772. The van der Waals surface area contributed by atoms with Gasteiger partial charge in [0.2, 0.25) is 5.76 Å². The molecule has 0 fully saturated rings. The van der Waals surface area contributed by atoms with Gasteiger partial charge in [0.25, 0.3) is 5.91 Å². The molecule has 0 spiro atoms. The first-order valence-electron chi connectivity index (χ1n) is 8.34. The summed E-state index contributed by atoms with van der Waals surface area (Å²) < 4.78 is 11.1. The molecule has 4 nitrogen and oxygen atoms in total. The molecule has 3 rings (SSSR count). The van der Waals surface area contributed by atoms with Gasteiger partial charge in [-0.05, 0) is 25.3 Å². The molecule has 0 saturated heterocycles. The van der Waals surface area contributed by atoms with E-state index in [0.717, 1.165) is 18.4 Å². The minimum Gasteiger partial charge on any atom is -0.491 e. The summed E-state index contributed by atoms with van der Waals surface area (Å²) in [4.78, 5) is 15.1. The molecule has 2 atom stereocenters. The lowest BCUT2D eigenvalue weighted by molar-refractivity contribution is -0.137. The van der Waals surface area contributed by atoms with Crippen molar-refractivity contribution in [1.82, 2.24) is 4.90 Å². The van der Waals surface area contributed by atoms with E-state index < -0.39 is 0 Å². The van der Waals surface area contributed by atoms with Gasteiger partial charge in [-0.2, -0.15) is 0 Å². The van der Waals surface area contributed by atoms with E-state index in [0.29, 0.717) is 24.7 Å². The number of benzene rings is 1. The number of amides is 1. The summed E-state index contributed by atoms with van der Waals surface area (Å²) in [6, 6.07) is 10.0. The van der Waals surface area contributed by atoms with Crippen molar-refractivity contribution >= 4 is 5.91 Å². The van der Waals surface area contributed by atoms with Crippen LogP contribution in [0.4, 0.5) is 0 Å². The summed E-state index contributed by atoms with van der Waals surface area (Å²) in [6.45, 7) is 6.52. The molecule has 2 aliphatic rings. The zero-order valence-corrected chi connectivity index (χ0v) is 14.0. The van der Waals surface area contributed by atoms with Crippen LogP contribution in [-0.2, 0) is 14.3 Å². The molecule has 1 aromatic rings. The lowest BCUT2D eigenvalue weighted by Gasteiger charge is -2.40. The molecule has 0 unspecified atom stereocenters. The van der Waals surface area contributed by atoms with E-state index in [1.165, 1.54) is 0 Å². The third-order valence-electron chi connectivity index (χ3n) is 4.40. The maximum Gasteiger partial charge on any atom is 0.293 e. The zero-order chi connectivity index (χ0) is 16.9. The Bertz CT molecular complexity index is 663. The number of hydrogen-bond donors (Lipinski definition) is 0. The van der Waals surface area contributed by atoms with E-state index in [4.69, 9.17) is 9.47 Å². The molecule has 2 heterocycles. The van der Waals surface area contributed by atoms with Crippen molar-refractivity contribution in [2.75, 3.05) is 13.2 Å². The third kappa shape index (κ3) is 3.23. The van der Waals surface area contributed by atoms with Gasteiger partial charge >= 0.3 is 0 Å². The van der Waals surface area contributed by atoms with E-state index >= 15 is 0 Å². The molecule has 4 heteroatoms. The summed E-state index contributed by atoms with van der Waals surface area (Å²) >= 11 is 0. The van der Waals surface area contributed by atoms with Crippen LogP contribution >= 0.6 is 0 Å². The second kappa shape index (κ2) is 7.39. The van der Waals surface area contributed by atoms with Crippen molar-refractivity contribution in [3.05, 3.63) is 72.2 Å². The fourth-order valence-electron chi connectivity index (χ4n) is 3.25. The van der Waals surface area contributed by atoms with Gasteiger partial charge < -0.3 is 14.4 Å². The largest absolute Gasteiger partial charge is 0.491 e. The van der Waals surface area contributed by atoms with Crippen LogP contribution < -0.4 is 0 Å². The Labute approximate surface area is 143 Å². The summed E-state index contributed by atoms with van der Waals surface area (Å²) in [5.41, 5.74) is 1.09. The quantitative estimate of drug-likeness (QED) is 0.792. The molecule has 0 bridgehead atoms. The molecule has 0 saturated carbocycles. The van der Waals surface area contributed by atoms with Gasteiger partial charge in [0, 0.05) is 6.04 Å². The van der Waals surface area contributed by atoms with Gasteiger partial charge in [-0.25, -0.2) is 0 Å². The number of ether oxygens (including phenoxy) is 2. The van der Waals surface area contributed by atoms with Crippen LogP contribution in [0.2, 0.25) is 0 Å². The third-order valence-corrected chi connectivity index (χ3v) is 4.40. The van der Waals surface area contributed by atoms with Crippen molar-refractivity contribution in [2.45, 2.75) is 31.8 Å². The Kier molecular flexibility index (Phi) is 5.04. The minimum absolute atomic E-state index is 0.0658. The number of nitrogens with zero attached hydrogens (tertiary/aromatic N) is 1. The second-order valence-electron chi connectivity index (χ2n) is 5.99. The van der Waals surface area contributed by atoms with Crippen molar-refractivity contribution in [3.8, 4) is 0 Å². The molecule has 24 heavy (non-hydrogen) atoms. The molecule has 1 amide bonds. The van der Waals surface area contributed by atoms with Crippen molar-refractivity contribution in [2.24, 2.45) is 0 Å². The first kappa shape index (κ1) is 16.4. The smallest absolute Gasteiger partial charge is 0.293 e. The number of carbonyl (C=O) groups excluding carboxylic acids is 1. The Hall–Kier alpha value is -2.49. The SMILES string of the molecule is C=CC[C@@H]1CC=C[C@@H](c2ccccc2)N1C(=O)C1=C(C)OCCO1. The van der Waals surface area contributed by atoms with Crippen LogP contribution in [0, 0.1) is 0 Å². The fourth-order valence-corrected chi connectivity index (χ4v) is 3.25. The number of hydrogen-bond acceptors (Lipinski definition) is 3. The highest BCUT2D eigenvalue weighted by Gasteiger charge is 2.36. The normalized spacial score (nSPS) is 23.5. The van der Waals surface area contributed by atoms with Crippen LogP contribution in [0.5, 0.6) is 0 Å². The van der Waals surface area contributed by atoms with Gasteiger partial charge in [0.1, 0.15) is 19.0 Å². The lowest BCUT2D eigenvalue weighted by Crippen LogP contribution is -2.45. The van der Waals surface area contributed by atoms with Gasteiger partial charge in [0.05, 0.1) is 6.04 Å². The highest BCUT2D eigenvalue weighted by molar-refractivity contribution is 5.93. The highest BCUT2D eigenvalue weighted by atomic mass is 16.6. The number of allylic oxidation sites excluding steroid dienone is 1. The molecular formula is C20H23NO3. The summed E-state index contributed by atoms with van der Waals surface area (Å²) in [5, 5.41) is 0. The molecule has 126 valence electrons. The van der Waals surface area contributed by atoms with Crippen LogP contribution in [0.25, 0.3) is 0 Å². The van der Waals surface area contributed by atoms with Crippen molar-refractivity contribution < 1.29 is 14.3 Å². The van der Waals surface area contributed by atoms with Gasteiger partial charge in [0.15, 0.2) is 0 Å². The fraction of sp³-hybridized carbons (Fsp3) is 0.350. The molecule has 0 radical (unpaired) electrons. The van der Waals surface area contributed by atoms with E-state index in [-0.39, 0.29) is 18.0 Å². The van der Waals surface area contributed by atoms with Crippen LogP contribution in [0.1, 0.15) is 31.4 Å². The van der Waals surface area contributed by atoms with Crippen molar-refractivity contribution in [1.29, 1.82) is 0 Å². The maximum absolute atomic E-state index is 13.2. The molecule has 0 N–H and O–H groups in total.